The van der Waals surface area contributed by atoms with Gasteiger partial charge in [-0.3, -0.25) is 4.98 Å². The highest BCUT2D eigenvalue weighted by Crippen LogP contribution is 2.15. The zero-order valence-electron chi connectivity index (χ0n) is 9.18. The largest absolute Gasteiger partial charge is 0.314 e. The molecule has 88 valence electrons. The van der Waals surface area contributed by atoms with Crippen LogP contribution in [0.1, 0.15) is 5.56 Å². The van der Waals surface area contributed by atoms with Gasteiger partial charge in [0.05, 0.1) is 0 Å². The molecule has 5 nitrogen and oxygen atoms in total. The van der Waals surface area contributed by atoms with E-state index in [1.165, 1.54) is 10.5 Å². The van der Waals surface area contributed by atoms with Crippen molar-refractivity contribution in [3.05, 3.63) is 24.0 Å². The number of hydrogen-bond acceptors (Lipinski definition) is 4. The number of pyridine rings is 1. The summed E-state index contributed by atoms with van der Waals surface area (Å²) in [5, 5.41) is 3.13. The van der Waals surface area contributed by atoms with Crippen molar-refractivity contribution >= 4 is 10.0 Å². The molecular formula is C10H15N3O2S. The Morgan fingerprint density at radius 1 is 1.31 bits per heavy atom. The molecule has 0 aliphatic carbocycles. The number of nitrogens with zero attached hydrogens (tertiary/aromatic N) is 2. The van der Waals surface area contributed by atoms with E-state index in [1.807, 2.05) is 6.92 Å². The van der Waals surface area contributed by atoms with Crippen LogP contribution in [0.15, 0.2) is 23.4 Å². The van der Waals surface area contributed by atoms with Crippen LogP contribution < -0.4 is 5.32 Å². The van der Waals surface area contributed by atoms with Gasteiger partial charge in [0.2, 0.25) is 10.0 Å². The Morgan fingerprint density at radius 3 is 2.62 bits per heavy atom. The predicted octanol–water partition coefficient (Wildman–Crippen LogP) is -0.0161. The van der Waals surface area contributed by atoms with Gasteiger partial charge in [0.1, 0.15) is 4.90 Å². The van der Waals surface area contributed by atoms with Crippen LogP contribution in [-0.2, 0) is 10.0 Å². The first-order valence-corrected chi connectivity index (χ1v) is 6.67. The van der Waals surface area contributed by atoms with Crippen molar-refractivity contribution in [3.63, 3.8) is 0 Å². The summed E-state index contributed by atoms with van der Waals surface area (Å²) in [5.41, 5.74) is 0.858. The summed E-state index contributed by atoms with van der Waals surface area (Å²) >= 11 is 0. The lowest BCUT2D eigenvalue weighted by Crippen LogP contribution is -2.46. The fourth-order valence-corrected chi connectivity index (χ4v) is 3.19. The molecule has 0 spiro atoms. The van der Waals surface area contributed by atoms with Crippen molar-refractivity contribution in [3.8, 4) is 0 Å². The molecule has 6 heteroatoms. The van der Waals surface area contributed by atoms with Crippen LogP contribution >= 0.6 is 0 Å². The number of nitrogens with one attached hydrogen (secondary N) is 1. The highest BCUT2D eigenvalue weighted by atomic mass is 32.2. The van der Waals surface area contributed by atoms with Crippen LogP contribution in [0.5, 0.6) is 0 Å². The van der Waals surface area contributed by atoms with Crippen molar-refractivity contribution in [2.45, 2.75) is 11.8 Å². The summed E-state index contributed by atoms with van der Waals surface area (Å²) in [6.45, 7) is 4.30. The third-order valence-electron chi connectivity index (χ3n) is 2.56. The Bertz CT molecular complexity index is 467. The van der Waals surface area contributed by atoms with Crippen molar-refractivity contribution in [1.82, 2.24) is 14.6 Å². The van der Waals surface area contributed by atoms with Gasteiger partial charge in [0.25, 0.3) is 0 Å². The van der Waals surface area contributed by atoms with E-state index in [9.17, 15) is 8.42 Å². The van der Waals surface area contributed by atoms with Gasteiger partial charge < -0.3 is 5.32 Å². The number of sulfonamides is 1. The van der Waals surface area contributed by atoms with E-state index in [0.29, 0.717) is 26.2 Å². The Labute approximate surface area is 95.5 Å². The van der Waals surface area contributed by atoms with Gasteiger partial charge in [-0.1, -0.05) is 0 Å². The first-order chi connectivity index (χ1) is 7.60. The van der Waals surface area contributed by atoms with Crippen molar-refractivity contribution < 1.29 is 8.42 Å². The molecule has 0 aromatic carbocycles. The lowest BCUT2D eigenvalue weighted by Gasteiger charge is -2.26. The van der Waals surface area contributed by atoms with Gasteiger partial charge >= 0.3 is 0 Å². The van der Waals surface area contributed by atoms with Crippen molar-refractivity contribution in [2.24, 2.45) is 0 Å². The predicted molar refractivity (Wildman–Crippen MR) is 60.6 cm³/mol. The standard InChI is InChI=1S/C10H15N3O2S/c1-9-6-10(8-12-7-9)16(14,15)13-4-2-11-3-5-13/h6-8,11H,2-5H2,1H3. The second-order valence-electron chi connectivity index (χ2n) is 3.85. The average molecular weight is 241 g/mol. The molecule has 0 amide bonds. The van der Waals surface area contributed by atoms with Crippen LogP contribution in [0.4, 0.5) is 0 Å². The molecule has 0 bridgehead atoms. The van der Waals surface area contributed by atoms with E-state index in [2.05, 4.69) is 10.3 Å². The van der Waals surface area contributed by atoms with Gasteiger partial charge in [-0.2, -0.15) is 4.31 Å². The van der Waals surface area contributed by atoms with Crippen molar-refractivity contribution in [1.29, 1.82) is 0 Å². The summed E-state index contributed by atoms with van der Waals surface area (Å²) in [4.78, 5) is 4.21. The van der Waals surface area contributed by atoms with Crippen LogP contribution in [0, 0.1) is 6.92 Å². The molecule has 0 radical (unpaired) electrons. The monoisotopic (exact) mass is 241 g/mol. The smallest absolute Gasteiger partial charge is 0.244 e. The quantitative estimate of drug-likeness (QED) is 0.790. The van der Waals surface area contributed by atoms with Gasteiger partial charge in [-0.25, -0.2) is 8.42 Å². The normalized spacial score (nSPS) is 18.6. The molecule has 1 saturated heterocycles. The van der Waals surface area contributed by atoms with Gasteiger partial charge in [0, 0.05) is 38.6 Å². The molecule has 1 fully saturated rings. The lowest BCUT2D eigenvalue weighted by atomic mass is 10.3. The second-order valence-corrected chi connectivity index (χ2v) is 5.79. The van der Waals surface area contributed by atoms with E-state index < -0.39 is 10.0 Å². The number of aryl methyl sites for hydroxylation is 1. The van der Waals surface area contributed by atoms with Crippen LogP contribution in [0.3, 0.4) is 0 Å². The summed E-state index contributed by atoms with van der Waals surface area (Å²) in [6.07, 6.45) is 3.06. The maximum Gasteiger partial charge on any atom is 0.244 e. The number of hydrogen-bond donors (Lipinski definition) is 1. The SMILES string of the molecule is Cc1cncc(S(=O)(=O)N2CCNCC2)c1. The van der Waals surface area contributed by atoms with E-state index in [4.69, 9.17) is 0 Å². The van der Waals surface area contributed by atoms with E-state index in [-0.39, 0.29) is 4.90 Å². The lowest BCUT2D eigenvalue weighted by molar-refractivity contribution is 0.360. The average Bonchev–Trinajstić information content (AvgIpc) is 2.30. The van der Waals surface area contributed by atoms with Gasteiger partial charge in [-0.05, 0) is 18.6 Å². The van der Waals surface area contributed by atoms with E-state index >= 15 is 0 Å². The molecular weight excluding hydrogens is 226 g/mol. The molecule has 1 aliphatic heterocycles. The topological polar surface area (TPSA) is 62.3 Å². The van der Waals surface area contributed by atoms with Gasteiger partial charge in [0.15, 0.2) is 0 Å². The maximum absolute atomic E-state index is 12.2. The van der Waals surface area contributed by atoms with Crippen LogP contribution in [-0.4, -0.2) is 43.9 Å². The van der Waals surface area contributed by atoms with Crippen LogP contribution in [0.2, 0.25) is 0 Å². The summed E-state index contributed by atoms with van der Waals surface area (Å²) in [7, 11) is -3.35. The highest BCUT2D eigenvalue weighted by Gasteiger charge is 2.25. The maximum atomic E-state index is 12.2. The number of piperazine rings is 1. The number of aromatic nitrogens is 1. The molecule has 0 saturated carbocycles. The molecule has 16 heavy (non-hydrogen) atoms. The Kier molecular flexibility index (Phi) is 3.22. The summed E-state index contributed by atoms with van der Waals surface area (Å²) in [6, 6.07) is 1.66. The molecule has 0 unspecified atom stereocenters. The minimum Gasteiger partial charge on any atom is -0.314 e. The minimum absolute atomic E-state index is 0.286. The minimum atomic E-state index is -3.35. The molecule has 1 aromatic rings. The van der Waals surface area contributed by atoms with Gasteiger partial charge in [-0.15, -0.1) is 0 Å². The zero-order chi connectivity index (χ0) is 11.6. The van der Waals surface area contributed by atoms with E-state index in [0.717, 1.165) is 5.56 Å². The first-order valence-electron chi connectivity index (χ1n) is 5.23. The fraction of sp³-hybridized carbons (Fsp3) is 0.500. The molecule has 1 aromatic heterocycles. The fourth-order valence-electron chi connectivity index (χ4n) is 1.70. The molecule has 2 rings (SSSR count). The Morgan fingerprint density at radius 2 is 2.00 bits per heavy atom. The summed E-state index contributed by atoms with van der Waals surface area (Å²) < 4.78 is 25.9. The molecule has 0 atom stereocenters. The second kappa shape index (κ2) is 4.48. The number of rotatable bonds is 2. The highest BCUT2D eigenvalue weighted by molar-refractivity contribution is 7.89. The van der Waals surface area contributed by atoms with Crippen molar-refractivity contribution in [2.75, 3.05) is 26.2 Å². The zero-order valence-corrected chi connectivity index (χ0v) is 10.00. The Balaban J connectivity index is 2.30. The van der Waals surface area contributed by atoms with E-state index in [1.54, 1.807) is 12.3 Å². The third-order valence-corrected chi connectivity index (χ3v) is 4.43. The third kappa shape index (κ3) is 2.23. The first kappa shape index (κ1) is 11.5. The molecule has 1 N–H and O–H groups in total. The molecule has 1 aliphatic rings. The molecule has 2 heterocycles. The van der Waals surface area contributed by atoms with Crippen LogP contribution in [0.25, 0.3) is 0 Å². The summed E-state index contributed by atoms with van der Waals surface area (Å²) in [5.74, 6) is 0. The Hall–Kier alpha value is -0.980.